The Balaban J connectivity index is 0.00000450. The van der Waals surface area contributed by atoms with E-state index in [0.29, 0.717) is 31.2 Å². The number of amides is 1. The van der Waals surface area contributed by atoms with Crippen LogP contribution in [0.1, 0.15) is 25.0 Å². The number of aliphatic imine (C=N–C) groups is 1. The number of hydrogen-bond acceptors (Lipinski definition) is 2. The lowest BCUT2D eigenvalue weighted by atomic mass is 9.84. The summed E-state index contributed by atoms with van der Waals surface area (Å²) in [6, 6.07) is 12.6. The van der Waals surface area contributed by atoms with Gasteiger partial charge in [0.1, 0.15) is 11.6 Å². The highest BCUT2D eigenvalue weighted by atomic mass is 127. The van der Waals surface area contributed by atoms with Gasteiger partial charge in [0, 0.05) is 32.1 Å². The number of guanidine groups is 1. The standard InChI is InChI=1S/C22H28F2N4O.HI/c1-22(2,17-7-5-9-19(24)14-17)15-28-21(25-3)27-11-10-26-20(29)13-16-6-4-8-18(23)12-16;/h4-9,12,14H,10-11,13,15H2,1-3H3,(H,26,29)(H2,25,27,28);1H. The predicted molar refractivity (Wildman–Crippen MR) is 127 cm³/mol. The maximum atomic E-state index is 13.5. The first-order chi connectivity index (χ1) is 13.8. The molecular formula is C22H29F2IN4O. The first kappa shape index (κ1) is 25.8. The molecule has 1 amide bonds. The van der Waals surface area contributed by atoms with Crippen molar-refractivity contribution in [1.29, 1.82) is 0 Å². The number of nitrogens with zero attached hydrogens (tertiary/aromatic N) is 1. The van der Waals surface area contributed by atoms with Gasteiger partial charge in [-0.25, -0.2) is 8.78 Å². The molecule has 0 saturated carbocycles. The molecule has 2 aromatic carbocycles. The Labute approximate surface area is 193 Å². The maximum absolute atomic E-state index is 13.5. The fourth-order valence-corrected chi connectivity index (χ4v) is 2.81. The zero-order valence-corrected chi connectivity index (χ0v) is 19.8. The van der Waals surface area contributed by atoms with Crippen molar-refractivity contribution < 1.29 is 13.6 Å². The molecule has 0 atom stereocenters. The van der Waals surface area contributed by atoms with Gasteiger partial charge in [0.15, 0.2) is 5.96 Å². The number of benzene rings is 2. The lowest BCUT2D eigenvalue weighted by Crippen LogP contribution is -2.45. The second-order valence-corrected chi connectivity index (χ2v) is 7.40. The van der Waals surface area contributed by atoms with Gasteiger partial charge in [0.25, 0.3) is 0 Å². The van der Waals surface area contributed by atoms with E-state index >= 15 is 0 Å². The summed E-state index contributed by atoms with van der Waals surface area (Å²) in [5, 5.41) is 9.13. The number of nitrogens with one attached hydrogen (secondary N) is 3. The summed E-state index contributed by atoms with van der Waals surface area (Å²) in [6.45, 7) is 5.49. The van der Waals surface area contributed by atoms with Crippen molar-refractivity contribution >= 4 is 35.8 Å². The highest BCUT2D eigenvalue weighted by Gasteiger charge is 2.21. The fraction of sp³-hybridized carbons (Fsp3) is 0.364. The largest absolute Gasteiger partial charge is 0.356 e. The Bertz CT molecular complexity index is 859. The molecular weight excluding hydrogens is 501 g/mol. The highest BCUT2D eigenvalue weighted by Crippen LogP contribution is 2.22. The van der Waals surface area contributed by atoms with Crippen molar-refractivity contribution in [3.8, 4) is 0 Å². The average molecular weight is 530 g/mol. The van der Waals surface area contributed by atoms with Gasteiger partial charge in [-0.2, -0.15) is 0 Å². The van der Waals surface area contributed by atoms with Crippen molar-refractivity contribution in [3.63, 3.8) is 0 Å². The predicted octanol–water partition coefficient (Wildman–Crippen LogP) is 3.38. The Morgan fingerprint density at radius 1 is 0.967 bits per heavy atom. The number of hydrogen-bond donors (Lipinski definition) is 3. The van der Waals surface area contributed by atoms with Gasteiger partial charge in [0.05, 0.1) is 6.42 Å². The molecule has 30 heavy (non-hydrogen) atoms. The minimum atomic E-state index is -0.354. The Hall–Kier alpha value is -2.23. The molecule has 2 aromatic rings. The van der Waals surface area contributed by atoms with Gasteiger partial charge in [-0.3, -0.25) is 9.79 Å². The second kappa shape index (κ2) is 12.5. The van der Waals surface area contributed by atoms with Crippen molar-refractivity contribution in [2.75, 3.05) is 26.7 Å². The molecule has 0 aromatic heterocycles. The molecule has 3 N–H and O–H groups in total. The summed E-state index contributed by atoms with van der Waals surface area (Å²) in [5.74, 6) is -0.193. The molecule has 0 unspecified atom stereocenters. The first-order valence-corrected chi connectivity index (χ1v) is 9.52. The van der Waals surface area contributed by atoms with Gasteiger partial charge in [0.2, 0.25) is 5.91 Å². The Kier molecular flexibility index (Phi) is 10.7. The zero-order valence-electron chi connectivity index (χ0n) is 17.5. The van der Waals surface area contributed by atoms with E-state index < -0.39 is 0 Å². The summed E-state index contributed by atoms with van der Waals surface area (Å²) >= 11 is 0. The van der Waals surface area contributed by atoms with E-state index in [4.69, 9.17) is 0 Å². The normalized spacial score (nSPS) is 11.4. The molecule has 2 rings (SSSR count). The van der Waals surface area contributed by atoms with E-state index in [9.17, 15) is 13.6 Å². The van der Waals surface area contributed by atoms with Crippen molar-refractivity contribution in [2.45, 2.75) is 25.7 Å². The van der Waals surface area contributed by atoms with E-state index in [1.165, 1.54) is 24.3 Å². The molecule has 0 aliphatic rings. The van der Waals surface area contributed by atoms with Crippen LogP contribution in [0.15, 0.2) is 53.5 Å². The minimum absolute atomic E-state index is 0. The molecule has 0 aliphatic carbocycles. The molecule has 0 heterocycles. The molecule has 0 aliphatic heterocycles. The monoisotopic (exact) mass is 530 g/mol. The van der Waals surface area contributed by atoms with Crippen LogP contribution in [0.25, 0.3) is 0 Å². The van der Waals surface area contributed by atoms with Crippen LogP contribution in [0.5, 0.6) is 0 Å². The third kappa shape index (κ3) is 8.64. The van der Waals surface area contributed by atoms with Crippen molar-refractivity contribution in [2.24, 2.45) is 4.99 Å². The average Bonchev–Trinajstić information content (AvgIpc) is 2.67. The van der Waals surface area contributed by atoms with Crippen molar-refractivity contribution in [1.82, 2.24) is 16.0 Å². The molecule has 5 nitrogen and oxygen atoms in total. The molecule has 0 fully saturated rings. The highest BCUT2D eigenvalue weighted by molar-refractivity contribution is 14.0. The van der Waals surface area contributed by atoms with Gasteiger partial charge < -0.3 is 16.0 Å². The van der Waals surface area contributed by atoms with Gasteiger partial charge in [-0.1, -0.05) is 38.1 Å². The number of rotatable bonds is 8. The van der Waals surface area contributed by atoms with Crippen LogP contribution in [0.3, 0.4) is 0 Å². The quantitative estimate of drug-likeness (QED) is 0.212. The van der Waals surface area contributed by atoms with Crippen LogP contribution in [0.4, 0.5) is 8.78 Å². The fourth-order valence-electron chi connectivity index (χ4n) is 2.81. The van der Waals surface area contributed by atoms with Crippen LogP contribution >= 0.6 is 24.0 Å². The van der Waals surface area contributed by atoms with Crippen LogP contribution < -0.4 is 16.0 Å². The zero-order chi connectivity index (χ0) is 21.3. The number of carbonyl (C=O) groups is 1. The number of carbonyl (C=O) groups excluding carboxylic acids is 1. The van der Waals surface area contributed by atoms with Crippen LogP contribution in [0, 0.1) is 11.6 Å². The van der Waals surface area contributed by atoms with Gasteiger partial charge >= 0.3 is 0 Å². The first-order valence-electron chi connectivity index (χ1n) is 9.52. The number of halogens is 3. The summed E-state index contributed by atoms with van der Waals surface area (Å²) in [5.41, 5.74) is 1.23. The van der Waals surface area contributed by atoms with E-state index in [1.54, 1.807) is 25.2 Å². The SMILES string of the molecule is CN=C(NCCNC(=O)Cc1cccc(F)c1)NCC(C)(C)c1cccc(F)c1.I. The van der Waals surface area contributed by atoms with Gasteiger partial charge in [-0.15, -0.1) is 24.0 Å². The molecule has 0 spiro atoms. The topological polar surface area (TPSA) is 65.5 Å². The van der Waals surface area contributed by atoms with E-state index in [-0.39, 0.29) is 53.4 Å². The lowest BCUT2D eigenvalue weighted by molar-refractivity contribution is -0.120. The van der Waals surface area contributed by atoms with Crippen LogP contribution in [0.2, 0.25) is 0 Å². The summed E-state index contributed by atoms with van der Waals surface area (Å²) in [4.78, 5) is 16.1. The second-order valence-electron chi connectivity index (χ2n) is 7.40. The smallest absolute Gasteiger partial charge is 0.224 e. The molecule has 0 radical (unpaired) electrons. The molecule has 0 saturated heterocycles. The molecule has 0 bridgehead atoms. The summed E-state index contributed by atoms with van der Waals surface area (Å²) < 4.78 is 26.6. The Morgan fingerprint density at radius 2 is 1.60 bits per heavy atom. The summed E-state index contributed by atoms with van der Waals surface area (Å²) in [7, 11) is 1.66. The van der Waals surface area contributed by atoms with Crippen LogP contribution in [-0.4, -0.2) is 38.5 Å². The Morgan fingerprint density at radius 3 is 2.23 bits per heavy atom. The van der Waals surface area contributed by atoms with E-state index in [0.717, 1.165) is 5.56 Å². The molecule has 8 heteroatoms. The third-order valence-electron chi connectivity index (χ3n) is 4.52. The van der Waals surface area contributed by atoms with Crippen LogP contribution in [-0.2, 0) is 16.6 Å². The van der Waals surface area contributed by atoms with Crippen molar-refractivity contribution in [3.05, 3.63) is 71.3 Å². The minimum Gasteiger partial charge on any atom is -0.356 e. The van der Waals surface area contributed by atoms with E-state index in [1.807, 2.05) is 19.9 Å². The van der Waals surface area contributed by atoms with E-state index in [2.05, 4.69) is 20.9 Å². The third-order valence-corrected chi connectivity index (χ3v) is 4.52. The summed E-state index contributed by atoms with van der Waals surface area (Å²) in [6.07, 6.45) is 0.132. The lowest BCUT2D eigenvalue weighted by Gasteiger charge is -2.27. The molecule has 164 valence electrons. The maximum Gasteiger partial charge on any atom is 0.224 e. The van der Waals surface area contributed by atoms with Gasteiger partial charge in [-0.05, 0) is 35.4 Å².